The molecule has 0 fully saturated rings. The first-order valence-corrected chi connectivity index (χ1v) is 4.13. The minimum absolute atomic E-state index is 0.927. The summed E-state index contributed by atoms with van der Waals surface area (Å²) in [5.74, 6) is 0. The van der Waals surface area contributed by atoms with Crippen LogP contribution >= 0.6 is 0 Å². The smallest absolute Gasteiger partial charge is 0.0202 e. The first-order chi connectivity index (χ1) is 5.74. The number of allylic oxidation sites excluding steroid dienone is 1. The molecule has 1 N–H and O–H groups in total. The van der Waals surface area contributed by atoms with Gasteiger partial charge in [0.1, 0.15) is 0 Å². The number of hydrogen-bond acceptors (Lipinski definition) is 1. The first kappa shape index (κ1) is 9.01. The quantitative estimate of drug-likeness (QED) is 0.718. The molecule has 1 aromatic carbocycles. The third kappa shape index (κ3) is 2.21. The van der Waals surface area contributed by atoms with Gasteiger partial charge in [0.2, 0.25) is 0 Å². The van der Waals surface area contributed by atoms with E-state index in [1.165, 1.54) is 11.1 Å². The maximum Gasteiger partial charge on any atom is 0.0202 e. The molecule has 0 aliphatic heterocycles. The van der Waals surface area contributed by atoms with Gasteiger partial charge in [0.25, 0.3) is 0 Å². The molecule has 0 aliphatic rings. The molecule has 0 heterocycles. The SMILES string of the molecule is C=C(C)c1ccc(CNC)cc1. The summed E-state index contributed by atoms with van der Waals surface area (Å²) < 4.78 is 0. The van der Waals surface area contributed by atoms with Crippen LogP contribution in [0.2, 0.25) is 0 Å². The van der Waals surface area contributed by atoms with Gasteiger partial charge in [-0.2, -0.15) is 0 Å². The maximum atomic E-state index is 3.89. The van der Waals surface area contributed by atoms with E-state index in [0.29, 0.717) is 0 Å². The molecule has 0 saturated heterocycles. The van der Waals surface area contributed by atoms with E-state index in [1.807, 2.05) is 14.0 Å². The normalized spacial score (nSPS) is 9.83. The topological polar surface area (TPSA) is 12.0 Å². The summed E-state index contributed by atoms with van der Waals surface area (Å²) in [4.78, 5) is 0. The van der Waals surface area contributed by atoms with Crippen molar-refractivity contribution in [1.82, 2.24) is 5.32 Å². The molecule has 12 heavy (non-hydrogen) atoms. The van der Waals surface area contributed by atoms with Crippen LogP contribution in [0.4, 0.5) is 0 Å². The van der Waals surface area contributed by atoms with E-state index in [4.69, 9.17) is 0 Å². The van der Waals surface area contributed by atoms with Crippen LogP contribution in [0.25, 0.3) is 5.57 Å². The number of benzene rings is 1. The van der Waals surface area contributed by atoms with Crippen molar-refractivity contribution in [1.29, 1.82) is 0 Å². The summed E-state index contributed by atoms with van der Waals surface area (Å²) in [6.07, 6.45) is 0. The Bertz CT molecular complexity index is 259. The van der Waals surface area contributed by atoms with Crippen LogP contribution in [0.1, 0.15) is 18.1 Å². The van der Waals surface area contributed by atoms with Crippen LogP contribution < -0.4 is 5.32 Å². The predicted molar refractivity (Wildman–Crippen MR) is 53.9 cm³/mol. The molecule has 0 saturated carbocycles. The molecule has 0 aliphatic carbocycles. The van der Waals surface area contributed by atoms with E-state index in [9.17, 15) is 0 Å². The monoisotopic (exact) mass is 161 g/mol. The second-order valence-electron chi connectivity index (χ2n) is 3.01. The van der Waals surface area contributed by atoms with Gasteiger partial charge in [-0.1, -0.05) is 36.4 Å². The zero-order chi connectivity index (χ0) is 8.97. The van der Waals surface area contributed by atoms with E-state index >= 15 is 0 Å². The third-order valence-corrected chi connectivity index (χ3v) is 1.83. The van der Waals surface area contributed by atoms with Crippen LogP contribution in [0.5, 0.6) is 0 Å². The van der Waals surface area contributed by atoms with Crippen LogP contribution in [0, 0.1) is 0 Å². The summed E-state index contributed by atoms with van der Waals surface area (Å²) >= 11 is 0. The number of rotatable bonds is 3. The molecule has 1 rings (SSSR count). The molecular formula is C11H15N. The van der Waals surface area contributed by atoms with E-state index in [-0.39, 0.29) is 0 Å². The zero-order valence-electron chi connectivity index (χ0n) is 7.72. The summed E-state index contributed by atoms with van der Waals surface area (Å²) in [7, 11) is 1.95. The van der Waals surface area contributed by atoms with E-state index in [1.54, 1.807) is 0 Å². The molecular weight excluding hydrogens is 146 g/mol. The number of hydrogen-bond donors (Lipinski definition) is 1. The van der Waals surface area contributed by atoms with Gasteiger partial charge in [-0.15, -0.1) is 0 Å². The van der Waals surface area contributed by atoms with Crippen molar-refractivity contribution in [2.24, 2.45) is 0 Å². The molecule has 1 heteroatoms. The van der Waals surface area contributed by atoms with E-state index in [2.05, 4.69) is 36.2 Å². The summed E-state index contributed by atoms with van der Waals surface area (Å²) in [6, 6.07) is 8.46. The molecule has 0 spiro atoms. The molecule has 1 aromatic rings. The van der Waals surface area contributed by atoms with Crippen molar-refractivity contribution >= 4 is 5.57 Å². The van der Waals surface area contributed by atoms with Crippen molar-refractivity contribution in [2.75, 3.05) is 7.05 Å². The minimum Gasteiger partial charge on any atom is -0.316 e. The molecule has 0 unspecified atom stereocenters. The average molecular weight is 161 g/mol. The highest BCUT2D eigenvalue weighted by molar-refractivity contribution is 5.61. The van der Waals surface area contributed by atoms with Crippen molar-refractivity contribution in [3.8, 4) is 0 Å². The lowest BCUT2D eigenvalue weighted by Crippen LogP contribution is -2.04. The first-order valence-electron chi connectivity index (χ1n) is 4.13. The fraction of sp³-hybridized carbons (Fsp3) is 0.273. The van der Waals surface area contributed by atoms with Crippen LogP contribution in [-0.4, -0.2) is 7.05 Å². The lowest BCUT2D eigenvalue weighted by Gasteiger charge is -2.02. The maximum absolute atomic E-state index is 3.89. The Morgan fingerprint density at radius 1 is 1.33 bits per heavy atom. The third-order valence-electron chi connectivity index (χ3n) is 1.83. The van der Waals surface area contributed by atoms with Gasteiger partial charge in [0.15, 0.2) is 0 Å². The molecule has 64 valence electrons. The number of nitrogens with one attached hydrogen (secondary N) is 1. The highest BCUT2D eigenvalue weighted by Gasteiger charge is 1.93. The van der Waals surface area contributed by atoms with Crippen LogP contribution in [0.15, 0.2) is 30.8 Å². The zero-order valence-corrected chi connectivity index (χ0v) is 7.72. The van der Waals surface area contributed by atoms with E-state index < -0.39 is 0 Å². The Morgan fingerprint density at radius 2 is 1.92 bits per heavy atom. The second-order valence-corrected chi connectivity index (χ2v) is 3.01. The molecule has 1 nitrogen and oxygen atoms in total. The Labute approximate surface area is 74.1 Å². The van der Waals surface area contributed by atoms with Gasteiger partial charge in [0.05, 0.1) is 0 Å². The summed E-state index contributed by atoms with van der Waals surface area (Å²) in [5.41, 5.74) is 3.64. The lowest BCUT2D eigenvalue weighted by molar-refractivity contribution is 0.818. The molecule has 0 radical (unpaired) electrons. The highest BCUT2D eigenvalue weighted by atomic mass is 14.8. The average Bonchev–Trinajstić information content (AvgIpc) is 2.06. The Hall–Kier alpha value is -1.08. The van der Waals surface area contributed by atoms with Crippen molar-refractivity contribution in [3.05, 3.63) is 42.0 Å². The van der Waals surface area contributed by atoms with Crippen molar-refractivity contribution in [3.63, 3.8) is 0 Å². The molecule has 0 aromatic heterocycles. The van der Waals surface area contributed by atoms with Gasteiger partial charge in [0, 0.05) is 6.54 Å². The minimum atomic E-state index is 0.927. The van der Waals surface area contributed by atoms with Crippen molar-refractivity contribution in [2.45, 2.75) is 13.5 Å². The molecule has 0 atom stereocenters. The van der Waals surface area contributed by atoms with Crippen molar-refractivity contribution < 1.29 is 0 Å². The standard InChI is InChI=1S/C11H15N/c1-9(2)11-6-4-10(5-7-11)8-12-3/h4-7,12H,1,8H2,2-3H3. The molecule has 0 amide bonds. The van der Waals surface area contributed by atoms with Crippen LogP contribution in [0.3, 0.4) is 0 Å². The predicted octanol–water partition coefficient (Wildman–Crippen LogP) is 2.44. The van der Waals surface area contributed by atoms with Crippen LogP contribution in [-0.2, 0) is 6.54 Å². The second kappa shape index (κ2) is 4.07. The molecule has 0 bridgehead atoms. The largest absolute Gasteiger partial charge is 0.316 e. The van der Waals surface area contributed by atoms with Gasteiger partial charge in [-0.05, 0) is 25.1 Å². The van der Waals surface area contributed by atoms with Gasteiger partial charge in [-0.25, -0.2) is 0 Å². The lowest BCUT2D eigenvalue weighted by atomic mass is 10.1. The van der Waals surface area contributed by atoms with E-state index in [0.717, 1.165) is 12.1 Å². The van der Waals surface area contributed by atoms with Gasteiger partial charge >= 0.3 is 0 Å². The Morgan fingerprint density at radius 3 is 2.33 bits per heavy atom. The Kier molecular flexibility index (Phi) is 3.06. The fourth-order valence-corrected chi connectivity index (χ4v) is 1.11. The highest BCUT2D eigenvalue weighted by Crippen LogP contribution is 2.11. The summed E-state index contributed by atoms with van der Waals surface area (Å²) in [5, 5.41) is 3.11. The Balaban J connectivity index is 2.78. The van der Waals surface area contributed by atoms with Gasteiger partial charge in [-0.3, -0.25) is 0 Å². The van der Waals surface area contributed by atoms with Gasteiger partial charge < -0.3 is 5.32 Å². The fourth-order valence-electron chi connectivity index (χ4n) is 1.11. The summed E-state index contributed by atoms with van der Waals surface area (Å²) in [6.45, 7) is 6.83.